The van der Waals surface area contributed by atoms with E-state index in [0.29, 0.717) is 5.88 Å². The summed E-state index contributed by atoms with van der Waals surface area (Å²) in [4.78, 5) is 0. The molecule has 0 aliphatic heterocycles. The normalized spacial score (nSPS) is 14.9. The molecule has 1 aromatic carbocycles. The van der Waals surface area contributed by atoms with E-state index in [9.17, 15) is 0 Å². The summed E-state index contributed by atoms with van der Waals surface area (Å²) in [5.74, 6) is 3.06. The number of hydrogen-bond acceptors (Lipinski definition) is 2. The van der Waals surface area contributed by atoms with Crippen molar-refractivity contribution < 1.29 is 9.47 Å². The van der Waals surface area contributed by atoms with Crippen LogP contribution in [-0.4, -0.2) is 13.7 Å². The van der Waals surface area contributed by atoms with E-state index in [1.807, 2.05) is 18.2 Å². The van der Waals surface area contributed by atoms with Gasteiger partial charge in [0.05, 0.1) is 19.6 Å². The molecule has 0 saturated heterocycles. The fourth-order valence-corrected chi connectivity index (χ4v) is 1.88. The highest BCUT2D eigenvalue weighted by Gasteiger charge is 2.20. The molecule has 0 N–H and O–H groups in total. The van der Waals surface area contributed by atoms with Gasteiger partial charge in [0.25, 0.3) is 0 Å². The summed E-state index contributed by atoms with van der Waals surface area (Å²) in [6.07, 6.45) is 3.90. The number of alkyl halides is 1. The summed E-state index contributed by atoms with van der Waals surface area (Å²) < 4.78 is 10.9. The summed E-state index contributed by atoms with van der Waals surface area (Å²) >= 11 is 5.88. The van der Waals surface area contributed by atoms with Gasteiger partial charge in [-0.05, 0) is 30.5 Å². The third-order valence-corrected chi connectivity index (χ3v) is 3.18. The molecule has 1 aliphatic rings. The van der Waals surface area contributed by atoms with Gasteiger partial charge in [0.1, 0.15) is 11.5 Å². The van der Waals surface area contributed by atoms with Crippen LogP contribution < -0.4 is 9.47 Å². The first kappa shape index (κ1) is 11.6. The average Bonchev–Trinajstić information content (AvgIpc) is 3.13. The highest BCUT2D eigenvalue weighted by atomic mass is 35.5. The van der Waals surface area contributed by atoms with Gasteiger partial charge in [-0.15, -0.1) is 11.6 Å². The van der Waals surface area contributed by atoms with E-state index in [-0.39, 0.29) is 0 Å². The summed E-state index contributed by atoms with van der Waals surface area (Å²) in [5.41, 5.74) is 0.997. The molecule has 1 aromatic rings. The fraction of sp³-hybridized carbons (Fsp3) is 0.538. The third-order valence-electron chi connectivity index (χ3n) is 2.89. The Morgan fingerprint density at radius 3 is 2.81 bits per heavy atom. The van der Waals surface area contributed by atoms with Crippen LogP contribution in [0.1, 0.15) is 24.8 Å². The van der Waals surface area contributed by atoms with E-state index in [1.54, 1.807) is 7.11 Å². The molecule has 0 radical (unpaired) electrons. The maximum absolute atomic E-state index is 5.88. The van der Waals surface area contributed by atoms with Gasteiger partial charge in [-0.2, -0.15) is 0 Å². The van der Waals surface area contributed by atoms with E-state index in [2.05, 4.69) is 0 Å². The quantitative estimate of drug-likeness (QED) is 0.708. The Bertz CT molecular complexity index is 348. The lowest BCUT2D eigenvalue weighted by atomic mass is 10.2. The molecular formula is C13H17ClO2. The Morgan fingerprint density at radius 1 is 1.38 bits per heavy atom. The third kappa shape index (κ3) is 3.05. The molecule has 0 amide bonds. The molecule has 0 atom stereocenters. The Hall–Kier alpha value is -0.890. The van der Waals surface area contributed by atoms with Crippen LogP contribution in [0.15, 0.2) is 18.2 Å². The van der Waals surface area contributed by atoms with Crippen molar-refractivity contribution in [2.24, 2.45) is 5.92 Å². The van der Waals surface area contributed by atoms with Gasteiger partial charge in [-0.1, -0.05) is 12.8 Å². The topological polar surface area (TPSA) is 18.5 Å². The largest absolute Gasteiger partial charge is 0.497 e. The van der Waals surface area contributed by atoms with Crippen LogP contribution in [0, 0.1) is 5.92 Å². The minimum Gasteiger partial charge on any atom is -0.497 e. The second kappa shape index (κ2) is 5.44. The molecule has 0 aromatic heterocycles. The van der Waals surface area contributed by atoms with Crippen LogP contribution in [0.2, 0.25) is 0 Å². The first-order valence-electron chi connectivity index (χ1n) is 5.69. The predicted octanol–water partition coefficient (Wildman–Crippen LogP) is 3.61. The SMILES string of the molecule is COc1ccc(OCCC2CC2)c(CCl)c1. The lowest BCUT2D eigenvalue weighted by molar-refractivity contribution is 0.299. The Morgan fingerprint density at radius 2 is 2.19 bits per heavy atom. The molecule has 1 aliphatic carbocycles. The van der Waals surface area contributed by atoms with Crippen molar-refractivity contribution >= 4 is 11.6 Å². The van der Waals surface area contributed by atoms with Crippen molar-refractivity contribution in [1.29, 1.82) is 0 Å². The molecule has 0 unspecified atom stereocenters. The van der Waals surface area contributed by atoms with E-state index in [4.69, 9.17) is 21.1 Å². The van der Waals surface area contributed by atoms with Gasteiger partial charge in [0, 0.05) is 5.56 Å². The number of benzene rings is 1. The molecule has 2 rings (SSSR count). The second-order valence-electron chi connectivity index (χ2n) is 4.19. The Balaban J connectivity index is 1.94. The summed E-state index contributed by atoms with van der Waals surface area (Å²) in [6, 6.07) is 5.77. The zero-order valence-corrected chi connectivity index (χ0v) is 10.3. The number of methoxy groups -OCH3 is 1. The first-order valence-corrected chi connectivity index (χ1v) is 6.22. The van der Waals surface area contributed by atoms with Crippen LogP contribution in [0.25, 0.3) is 0 Å². The summed E-state index contributed by atoms with van der Waals surface area (Å²) in [6.45, 7) is 0.793. The van der Waals surface area contributed by atoms with Crippen molar-refractivity contribution in [2.75, 3.05) is 13.7 Å². The van der Waals surface area contributed by atoms with Crippen molar-refractivity contribution in [3.63, 3.8) is 0 Å². The molecule has 2 nitrogen and oxygen atoms in total. The van der Waals surface area contributed by atoms with Crippen LogP contribution in [0.4, 0.5) is 0 Å². The molecule has 1 saturated carbocycles. The number of halogens is 1. The average molecular weight is 241 g/mol. The van der Waals surface area contributed by atoms with E-state index in [0.717, 1.165) is 36.0 Å². The van der Waals surface area contributed by atoms with Crippen molar-refractivity contribution in [3.8, 4) is 11.5 Å². The zero-order chi connectivity index (χ0) is 11.4. The molecule has 3 heteroatoms. The number of rotatable bonds is 6. The van der Waals surface area contributed by atoms with E-state index in [1.165, 1.54) is 12.8 Å². The maximum atomic E-state index is 5.88. The predicted molar refractivity (Wildman–Crippen MR) is 65.4 cm³/mol. The van der Waals surface area contributed by atoms with Crippen LogP contribution in [0.5, 0.6) is 11.5 Å². The minimum absolute atomic E-state index is 0.454. The van der Waals surface area contributed by atoms with Gasteiger partial charge >= 0.3 is 0 Å². The minimum atomic E-state index is 0.454. The van der Waals surface area contributed by atoms with Gasteiger partial charge < -0.3 is 9.47 Å². The van der Waals surface area contributed by atoms with Crippen LogP contribution in [-0.2, 0) is 5.88 Å². The lowest BCUT2D eigenvalue weighted by Gasteiger charge is -2.11. The molecule has 16 heavy (non-hydrogen) atoms. The first-order chi connectivity index (χ1) is 7.83. The summed E-state index contributed by atoms with van der Waals surface area (Å²) in [7, 11) is 1.65. The van der Waals surface area contributed by atoms with Crippen molar-refractivity contribution in [3.05, 3.63) is 23.8 Å². The fourth-order valence-electron chi connectivity index (χ4n) is 1.67. The van der Waals surface area contributed by atoms with E-state index >= 15 is 0 Å². The Labute approximate surface area is 102 Å². The van der Waals surface area contributed by atoms with Crippen LogP contribution in [0.3, 0.4) is 0 Å². The lowest BCUT2D eigenvalue weighted by Crippen LogP contribution is -2.00. The molecule has 0 heterocycles. The van der Waals surface area contributed by atoms with Crippen LogP contribution >= 0.6 is 11.6 Å². The highest BCUT2D eigenvalue weighted by Crippen LogP contribution is 2.33. The molecule has 0 bridgehead atoms. The van der Waals surface area contributed by atoms with Gasteiger partial charge in [0.2, 0.25) is 0 Å². The number of ether oxygens (including phenoxy) is 2. The second-order valence-corrected chi connectivity index (χ2v) is 4.46. The van der Waals surface area contributed by atoms with Gasteiger partial charge in [0.15, 0.2) is 0 Å². The zero-order valence-electron chi connectivity index (χ0n) is 9.54. The highest BCUT2D eigenvalue weighted by molar-refractivity contribution is 6.17. The summed E-state index contributed by atoms with van der Waals surface area (Å²) in [5, 5.41) is 0. The molecule has 88 valence electrons. The monoisotopic (exact) mass is 240 g/mol. The smallest absolute Gasteiger partial charge is 0.123 e. The Kier molecular flexibility index (Phi) is 3.94. The molecular weight excluding hydrogens is 224 g/mol. The molecule has 0 spiro atoms. The van der Waals surface area contributed by atoms with Crippen molar-refractivity contribution in [2.45, 2.75) is 25.1 Å². The van der Waals surface area contributed by atoms with Gasteiger partial charge in [-0.3, -0.25) is 0 Å². The standard InChI is InChI=1S/C13H17ClO2/c1-15-12-4-5-13(11(8-12)9-14)16-7-6-10-2-3-10/h4-5,8,10H,2-3,6-7,9H2,1H3. The van der Waals surface area contributed by atoms with E-state index < -0.39 is 0 Å². The number of hydrogen-bond donors (Lipinski definition) is 0. The molecule has 1 fully saturated rings. The van der Waals surface area contributed by atoms with Crippen molar-refractivity contribution in [1.82, 2.24) is 0 Å². The maximum Gasteiger partial charge on any atom is 0.123 e. The van der Waals surface area contributed by atoms with Gasteiger partial charge in [-0.25, -0.2) is 0 Å².